The molecule has 2 N–H and O–H groups in total. The number of aryl methyl sites for hydroxylation is 3. The van der Waals surface area contributed by atoms with Crippen molar-refractivity contribution >= 4 is 15.9 Å². The first-order valence-corrected chi connectivity index (χ1v) is 7.92. The standard InChI is InChI=1S/C16H22BrN3O/c1-5-13-16(17)14(20(4)19-13)9-21-15-7-6-10(2)8-12(15)11(3)18/h6-8,11H,5,9,18H2,1-4H3/t11-/m1/s1. The molecule has 0 aliphatic carbocycles. The molecule has 21 heavy (non-hydrogen) atoms. The van der Waals surface area contributed by atoms with Crippen LogP contribution in [-0.2, 0) is 20.1 Å². The van der Waals surface area contributed by atoms with E-state index in [0.29, 0.717) is 6.61 Å². The van der Waals surface area contributed by atoms with Gasteiger partial charge >= 0.3 is 0 Å². The van der Waals surface area contributed by atoms with E-state index < -0.39 is 0 Å². The maximum absolute atomic E-state index is 6.03. The van der Waals surface area contributed by atoms with Crippen LogP contribution in [0.2, 0.25) is 0 Å². The molecule has 1 heterocycles. The summed E-state index contributed by atoms with van der Waals surface area (Å²) in [5, 5.41) is 4.48. The Kier molecular flexibility index (Phi) is 5.06. The van der Waals surface area contributed by atoms with Crippen LogP contribution in [0, 0.1) is 6.92 Å². The van der Waals surface area contributed by atoms with E-state index in [4.69, 9.17) is 10.5 Å². The van der Waals surface area contributed by atoms with Gasteiger partial charge in [-0.3, -0.25) is 4.68 Å². The van der Waals surface area contributed by atoms with Crippen LogP contribution in [0.4, 0.5) is 0 Å². The van der Waals surface area contributed by atoms with E-state index in [1.54, 1.807) is 0 Å². The third-order valence-electron chi connectivity index (χ3n) is 3.52. The van der Waals surface area contributed by atoms with Gasteiger partial charge in [0.05, 0.1) is 15.9 Å². The topological polar surface area (TPSA) is 53.1 Å². The van der Waals surface area contributed by atoms with Gasteiger partial charge in [-0.1, -0.05) is 24.6 Å². The highest BCUT2D eigenvalue weighted by molar-refractivity contribution is 9.10. The summed E-state index contributed by atoms with van der Waals surface area (Å²) in [7, 11) is 1.93. The predicted octanol–water partition coefficient (Wildman–Crippen LogP) is 3.65. The van der Waals surface area contributed by atoms with Crippen molar-refractivity contribution in [1.29, 1.82) is 0 Å². The predicted molar refractivity (Wildman–Crippen MR) is 88.4 cm³/mol. The Morgan fingerprint density at radius 2 is 2.14 bits per heavy atom. The van der Waals surface area contributed by atoms with Gasteiger partial charge in [-0.05, 0) is 42.3 Å². The normalized spacial score (nSPS) is 12.5. The van der Waals surface area contributed by atoms with E-state index >= 15 is 0 Å². The van der Waals surface area contributed by atoms with Crippen molar-refractivity contribution in [2.24, 2.45) is 12.8 Å². The molecule has 0 bridgehead atoms. The molecule has 0 saturated carbocycles. The number of halogens is 1. The number of nitrogens with two attached hydrogens (primary N) is 1. The van der Waals surface area contributed by atoms with Gasteiger partial charge in [-0.2, -0.15) is 5.10 Å². The minimum Gasteiger partial charge on any atom is -0.487 e. The van der Waals surface area contributed by atoms with E-state index in [9.17, 15) is 0 Å². The van der Waals surface area contributed by atoms with Crippen molar-refractivity contribution in [1.82, 2.24) is 9.78 Å². The Morgan fingerprint density at radius 3 is 2.71 bits per heavy atom. The smallest absolute Gasteiger partial charge is 0.131 e. The summed E-state index contributed by atoms with van der Waals surface area (Å²) >= 11 is 3.61. The highest BCUT2D eigenvalue weighted by Crippen LogP contribution is 2.28. The molecule has 0 spiro atoms. The molecular formula is C16H22BrN3O. The van der Waals surface area contributed by atoms with Crippen LogP contribution in [-0.4, -0.2) is 9.78 Å². The Morgan fingerprint density at radius 1 is 1.43 bits per heavy atom. The van der Waals surface area contributed by atoms with Crippen molar-refractivity contribution in [2.75, 3.05) is 0 Å². The Balaban J connectivity index is 2.23. The molecule has 114 valence electrons. The monoisotopic (exact) mass is 351 g/mol. The number of aromatic nitrogens is 2. The lowest BCUT2D eigenvalue weighted by atomic mass is 10.1. The molecule has 4 nitrogen and oxygen atoms in total. The fourth-order valence-corrected chi connectivity index (χ4v) is 3.01. The van der Waals surface area contributed by atoms with Crippen LogP contribution in [0.25, 0.3) is 0 Å². The van der Waals surface area contributed by atoms with E-state index in [1.807, 2.05) is 30.8 Å². The van der Waals surface area contributed by atoms with Crippen molar-refractivity contribution in [3.05, 3.63) is 45.2 Å². The van der Waals surface area contributed by atoms with Crippen LogP contribution in [0.1, 0.15) is 42.4 Å². The summed E-state index contributed by atoms with van der Waals surface area (Å²) in [4.78, 5) is 0. The first kappa shape index (κ1) is 16.0. The fourth-order valence-electron chi connectivity index (χ4n) is 2.28. The van der Waals surface area contributed by atoms with Crippen LogP contribution in [0.3, 0.4) is 0 Å². The van der Waals surface area contributed by atoms with Gasteiger partial charge in [0.1, 0.15) is 12.4 Å². The molecule has 0 radical (unpaired) electrons. The lowest BCUT2D eigenvalue weighted by molar-refractivity contribution is 0.289. The molecule has 0 aliphatic rings. The van der Waals surface area contributed by atoms with Crippen molar-refractivity contribution in [3.63, 3.8) is 0 Å². The summed E-state index contributed by atoms with van der Waals surface area (Å²) in [6.45, 7) is 6.58. The average Bonchev–Trinajstić information content (AvgIpc) is 2.72. The summed E-state index contributed by atoms with van der Waals surface area (Å²) in [5.41, 5.74) is 10.3. The zero-order valence-corrected chi connectivity index (χ0v) is 14.6. The molecule has 1 aromatic carbocycles. The average molecular weight is 352 g/mol. The highest BCUT2D eigenvalue weighted by atomic mass is 79.9. The number of ether oxygens (including phenoxy) is 1. The molecule has 0 amide bonds. The van der Waals surface area contributed by atoms with Crippen molar-refractivity contribution in [3.8, 4) is 5.75 Å². The molecule has 2 rings (SSSR count). The third kappa shape index (κ3) is 3.47. The number of nitrogens with zero attached hydrogens (tertiary/aromatic N) is 2. The Bertz CT molecular complexity index is 635. The van der Waals surface area contributed by atoms with Crippen LogP contribution >= 0.6 is 15.9 Å². The molecular weight excluding hydrogens is 330 g/mol. The number of rotatable bonds is 5. The lowest BCUT2D eigenvalue weighted by Gasteiger charge is -2.15. The largest absolute Gasteiger partial charge is 0.487 e. The van der Waals surface area contributed by atoms with Gasteiger partial charge < -0.3 is 10.5 Å². The van der Waals surface area contributed by atoms with Gasteiger partial charge in [-0.15, -0.1) is 0 Å². The van der Waals surface area contributed by atoms with E-state index in [1.165, 1.54) is 5.56 Å². The minimum absolute atomic E-state index is 0.0546. The quantitative estimate of drug-likeness (QED) is 0.894. The first-order chi connectivity index (χ1) is 9.93. The zero-order valence-electron chi connectivity index (χ0n) is 13.0. The van der Waals surface area contributed by atoms with Crippen LogP contribution < -0.4 is 10.5 Å². The van der Waals surface area contributed by atoms with Crippen molar-refractivity contribution < 1.29 is 4.74 Å². The van der Waals surface area contributed by atoms with Gasteiger partial charge in [0.15, 0.2) is 0 Å². The molecule has 0 saturated heterocycles. The maximum atomic E-state index is 6.03. The second-order valence-electron chi connectivity index (χ2n) is 5.30. The Hall–Kier alpha value is -1.33. The molecule has 2 aromatic rings. The summed E-state index contributed by atoms with van der Waals surface area (Å²) in [6, 6.07) is 6.05. The van der Waals surface area contributed by atoms with Crippen molar-refractivity contribution in [2.45, 2.75) is 39.8 Å². The first-order valence-electron chi connectivity index (χ1n) is 7.13. The molecule has 0 unspecified atom stereocenters. The number of benzene rings is 1. The highest BCUT2D eigenvalue weighted by Gasteiger charge is 2.14. The SMILES string of the molecule is CCc1nn(C)c(COc2ccc(C)cc2[C@@H](C)N)c1Br. The number of hydrogen-bond acceptors (Lipinski definition) is 3. The second-order valence-corrected chi connectivity index (χ2v) is 6.10. The van der Waals surface area contributed by atoms with Gasteiger partial charge in [0, 0.05) is 18.7 Å². The summed E-state index contributed by atoms with van der Waals surface area (Å²) in [5.74, 6) is 0.835. The van der Waals surface area contributed by atoms with Gasteiger partial charge in [-0.25, -0.2) is 0 Å². The fraction of sp³-hybridized carbons (Fsp3) is 0.438. The molecule has 5 heteroatoms. The second kappa shape index (κ2) is 6.62. The molecule has 1 aromatic heterocycles. The minimum atomic E-state index is -0.0546. The summed E-state index contributed by atoms with van der Waals surface area (Å²) < 4.78 is 8.88. The van der Waals surface area contributed by atoms with E-state index in [0.717, 1.165) is 33.6 Å². The zero-order chi connectivity index (χ0) is 15.6. The van der Waals surface area contributed by atoms with Crippen LogP contribution in [0.5, 0.6) is 5.75 Å². The maximum Gasteiger partial charge on any atom is 0.131 e. The lowest BCUT2D eigenvalue weighted by Crippen LogP contribution is -2.10. The molecule has 0 fully saturated rings. The van der Waals surface area contributed by atoms with E-state index in [2.05, 4.69) is 40.9 Å². The molecule has 0 aliphatic heterocycles. The molecule has 1 atom stereocenters. The van der Waals surface area contributed by atoms with Gasteiger partial charge in [0.25, 0.3) is 0 Å². The van der Waals surface area contributed by atoms with Crippen LogP contribution in [0.15, 0.2) is 22.7 Å². The summed E-state index contributed by atoms with van der Waals surface area (Å²) in [6.07, 6.45) is 0.893. The number of hydrogen-bond donors (Lipinski definition) is 1. The third-order valence-corrected chi connectivity index (χ3v) is 4.44. The Labute approximate surface area is 134 Å². The van der Waals surface area contributed by atoms with Gasteiger partial charge in [0.2, 0.25) is 0 Å². The van der Waals surface area contributed by atoms with E-state index in [-0.39, 0.29) is 6.04 Å².